The number of carbonyl (C=O) groups is 3. The van der Waals surface area contributed by atoms with Gasteiger partial charge >= 0.3 is 11.9 Å². The third kappa shape index (κ3) is 12.4. The lowest BCUT2D eigenvalue weighted by atomic mass is 10.0. The maximum absolute atomic E-state index is 13.3. The van der Waals surface area contributed by atoms with E-state index in [2.05, 4.69) is 20.3 Å². The van der Waals surface area contributed by atoms with E-state index in [1.165, 1.54) is 31.4 Å². The molecule has 1 amide bonds. The molecular weight excluding hydrogens is 604 g/mol. The van der Waals surface area contributed by atoms with Gasteiger partial charge in [0.15, 0.2) is 0 Å². The predicted molar refractivity (Wildman–Crippen MR) is 167 cm³/mol. The van der Waals surface area contributed by atoms with Crippen LogP contribution in [0.25, 0.3) is 0 Å². The van der Waals surface area contributed by atoms with Crippen LogP contribution in [-0.2, 0) is 35.6 Å². The summed E-state index contributed by atoms with van der Waals surface area (Å²) in [5.74, 6) is 0.0501. The molecule has 0 fully saturated rings. The fourth-order valence-electron chi connectivity index (χ4n) is 4.21. The average Bonchev–Trinajstić information content (AvgIpc) is 3.01. The van der Waals surface area contributed by atoms with Crippen molar-refractivity contribution in [2.75, 3.05) is 38.0 Å². The van der Waals surface area contributed by atoms with Crippen molar-refractivity contribution in [1.82, 2.24) is 9.71 Å². The molecule has 3 aromatic rings. The number of methoxy groups -OCH3 is 2. The van der Waals surface area contributed by atoms with Gasteiger partial charge in [-0.2, -0.15) is 0 Å². The number of aromatic nitrogens is 1. The number of carbonyl (C=O) groups excluding carboxylic acids is 2. The van der Waals surface area contributed by atoms with Crippen molar-refractivity contribution >= 4 is 39.4 Å². The third-order valence-corrected chi connectivity index (χ3v) is 7.97. The van der Waals surface area contributed by atoms with E-state index in [-0.39, 0.29) is 42.7 Å². The molecule has 0 aliphatic heterocycles. The Kier molecular flexibility index (Phi) is 13.6. The van der Waals surface area contributed by atoms with Crippen LogP contribution in [-0.4, -0.2) is 69.8 Å². The van der Waals surface area contributed by atoms with E-state index < -0.39 is 33.9 Å². The van der Waals surface area contributed by atoms with Gasteiger partial charge in [0.05, 0.1) is 32.1 Å². The fraction of sp³-hybridized carbons (Fsp3) is 0.355. The number of hydrogen-bond donors (Lipinski definition) is 4. The first kappa shape index (κ1) is 34.8. The van der Waals surface area contributed by atoms with Crippen molar-refractivity contribution in [1.29, 1.82) is 0 Å². The summed E-state index contributed by atoms with van der Waals surface area (Å²) in [7, 11) is -1.28. The van der Waals surface area contributed by atoms with Gasteiger partial charge < -0.3 is 30.0 Å². The second-order valence-corrected chi connectivity index (χ2v) is 11.7. The molecule has 14 heteroatoms. The molecule has 0 spiro atoms. The molecule has 242 valence electrons. The van der Waals surface area contributed by atoms with Crippen molar-refractivity contribution in [3.63, 3.8) is 0 Å². The van der Waals surface area contributed by atoms with E-state index in [0.29, 0.717) is 30.5 Å². The maximum Gasteiger partial charge on any atom is 0.307 e. The van der Waals surface area contributed by atoms with Crippen molar-refractivity contribution in [2.45, 2.75) is 49.5 Å². The Morgan fingerprint density at radius 1 is 0.956 bits per heavy atom. The zero-order valence-electron chi connectivity index (χ0n) is 25.2. The van der Waals surface area contributed by atoms with E-state index in [1.54, 1.807) is 49.7 Å². The normalized spacial score (nSPS) is 11.7. The van der Waals surface area contributed by atoms with Crippen LogP contribution in [0.5, 0.6) is 11.5 Å². The molecule has 4 N–H and O–H groups in total. The van der Waals surface area contributed by atoms with Gasteiger partial charge in [-0.15, -0.1) is 0 Å². The highest BCUT2D eigenvalue weighted by atomic mass is 32.2. The van der Waals surface area contributed by atoms with Gasteiger partial charge in [-0.25, -0.2) is 18.1 Å². The lowest BCUT2D eigenvalue weighted by Gasteiger charge is -2.19. The maximum atomic E-state index is 13.3. The second kappa shape index (κ2) is 17.6. The zero-order chi connectivity index (χ0) is 32.7. The van der Waals surface area contributed by atoms with E-state index in [9.17, 15) is 22.8 Å². The average molecular weight is 643 g/mol. The number of amides is 1. The smallest absolute Gasteiger partial charge is 0.307 e. The molecule has 1 heterocycles. The van der Waals surface area contributed by atoms with Crippen LogP contribution < -0.4 is 24.8 Å². The van der Waals surface area contributed by atoms with Gasteiger partial charge in [0, 0.05) is 43.4 Å². The molecular formula is C31H38N4O9S. The Morgan fingerprint density at radius 3 is 2.44 bits per heavy atom. The summed E-state index contributed by atoms with van der Waals surface area (Å²) in [6.45, 7) is 1.11. The number of rotatable bonds is 19. The summed E-state index contributed by atoms with van der Waals surface area (Å²) >= 11 is 0. The summed E-state index contributed by atoms with van der Waals surface area (Å²) in [6.07, 6.45) is 2.37. The van der Waals surface area contributed by atoms with Gasteiger partial charge in [0.25, 0.3) is 0 Å². The Labute approximate surface area is 262 Å². The molecule has 0 radical (unpaired) electrons. The Bertz CT molecular complexity index is 1530. The lowest BCUT2D eigenvalue weighted by Crippen LogP contribution is -2.38. The molecule has 0 saturated carbocycles. The van der Waals surface area contributed by atoms with Gasteiger partial charge in [0.1, 0.15) is 17.3 Å². The molecule has 1 aromatic heterocycles. The summed E-state index contributed by atoms with van der Waals surface area (Å²) < 4.78 is 44.9. The van der Waals surface area contributed by atoms with E-state index >= 15 is 0 Å². The first-order valence-electron chi connectivity index (χ1n) is 14.2. The molecule has 2 aromatic carbocycles. The number of aliphatic carboxylic acids is 1. The number of nitrogens with one attached hydrogen (secondary N) is 3. The van der Waals surface area contributed by atoms with Crippen LogP contribution in [0.3, 0.4) is 0 Å². The predicted octanol–water partition coefficient (Wildman–Crippen LogP) is 3.62. The number of carboxylic acids is 1. The van der Waals surface area contributed by atoms with Crippen molar-refractivity contribution in [2.24, 2.45) is 0 Å². The lowest BCUT2D eigenvalue weighted by molar-refractivity contribution is -0.141. The molecule has 3 rings (SSSR count). The topological polar surface area (TPSA) is 182 Å². The Balaban J connectivity index is 1.56. The first-order valence-corrected chi connectivity index (χ1v) is 15.7. The van der Waals surface area contributed by atoms with Crippen LogP contribution in [0.2, 0.25) is 0 Å². The van der Waals surface area contributed by atoms with Gasteiger partial charge in [-0.1, -0.05) is 18.2 Å². The molecule has 0 aliphatic rings. The Hall–Kier alpha value is -4.69. The number of ether oxygens (including phenoxy) is 3. The number of sulfonamides is 1. The highest BCUT2D eigenvalue weighted by Crippen LogP contribution is 2.20. The SMILES string of the molecule is COC(=O)C[C@H](Cc1ccc(OCCCNc2cc(OC)ccn2)cc1)NS(=O)(=O)c1cccc(NC(=O)CCCC(=O)O)c1. The van der Waals surface area contributed by atoms with Crippen LogP contribution in [0.1, 0.15) is 37.7 Å². The minimum absolute atomic E-state index is 0.0221. The quantitative estimate of drug-likeness (QED) is 0.111. The van der Waals surface area contributed by atoms with Crippen LogP contribution in [0, 0.1) is 0 Å². The van der Waals surface area contributed by atoms with E-state index in [0.717, 1.165) is 12.0 Å². The highest BCUT2D eigenvalue weighted by Gasteiger charge is 2.24. The standard InChI is InChI=1S/C31H38N4O9S/c1-42-26-14-16-33-28(21-26)32-15-5-17-44-25-12-10-22(11-13-25)18-24(20-31(39)43-2)35-45(40,41)27-7-3-6-23(19-27)34-29(36)8-4-9-30(37)38/h3,6-7,10-14,16,19,21,24,35H,4-5,8-9,15,17-18,20H2,1-2H3,(H,32,33)(H,34,36)(H,37,38)/t24-/m0/s1. The van der Waals surface area contributed by atoms with Crippen molar-refractivity contribution in [3.05, 3.63) is 72.4 Å². The van der Waals surface area contributed by atoms with E-state index in [4.69, 9.17) is 19.3 Å². The molecule has 1 atom stereocenters. The monoisotopic (exact) mass is 642 g/mol. The van der Waals surface area contributed by atoms with Crippen molar-refractivity contribution in [3.8, 4) is 11.5 Å². The summed E-state index contributed by atoms with van der Waals surface area (Å²) in [5.41, 5.74) is 1.01. The van der Waals surface area contributed by atoms with Crippen LogP contribution >= 0.6 is 0 Å². The number of carboxylic acid groups (broad SMARTS) is 1. The zero-order valence-corrected chi connectivity index (χ0v) is 26.0. The van der Waals surface area contributed by atoms with Gasteiger partial charge in [0.2, 0.25) is 15.9 Å². The number of hydrogen-bond acceptors (Lipinski definition) is 10. The molecule has 0 saturated heterocycles. The molecule has 0 aliphatic carbocycles. The minimum Gasteiger partial charge on any atom is -0.497 e. The summed E-state index contributed by atoms with van der Waals surface area (Å²) in [4.78, 5) is 39.0. The number of pyridine rings is 1. The van der Waals surface area contributed by atoms with E-state index in [1.807, 2.05) is 0 Å². The summed E-state index contributed by atoms with van der Waals surface area (Å²) in [5, 5.41) is 14.5. The largest absolute Gasteiger partial charge is 0.497 e. The van der Waals surface area contributed by atoms with Gasteiger partial charge in [-0.05, 0) is 61.2 Å². The first-order chi connectivity index (χ1) is 21.6. The molecule has 0 unspecified atom stereocenters. The molecule has 0 bridgehead atoms. The number of nitrogens with zero attached hydrogens (tertiary/aromatic N) is 1. The highest BCUT2D eigenvalue weighted by molar-refractivity contribution is 7.89. The van der Waals surface area contributed by atoms with Gasteiger partial charge in [-0.3, -0.25) is 14.4 Å². The van der Waals surface area contributed by atoms with Crippen LogP contribution in [0.4, 0.5) is 11.5 Å². The molecule has 13 nitrogen and oxygen atoms in total. The number of esters is 1. The summed E-state index contributed by atoms with van der Waals surface area (Å²) in [6, 6.07) is 15.6. The van der Waals surface area contributed by atoms with Crippen molar-refractivity contribution < 1.29 is 42.1 Å². The Morgan fingerprint density at radius 2 is 1.73 bits per heavy atom. The number of anilines is 2. The minimum atomic E-state index is -4.10. The van der Waals surface area contributed by atoms with Crippen LogP contribution in [0.15, 0.2) is 71.8 Å². The number of benzene rings is 2. The fourth-order valence-corrected chi connectivity index (χ4v) is 5.49. The molecule has 45 heavy (non-hydrogen) atoms. The second-order valence-electron chi connectivity index (χ2n) is 9.98. The third-order valence-electron chi connectivity index (χ3n) is 6.45.